The van der Waals surface area contributed by atoms with E-state index in [1.165, 1.54) is 19.3 Å². The molecule has 2 nitrogen and oxygen atoms in total. The first-order valence-corrected chi connectivity index (χ1v) is 6.03. The third kappa shape index (κ3) is 6.23. The molecule has 2 heteroatoms. The molecule has 0 aromatic heterocycles. The summed E-state index contributed by atoms with van der Waals surface area (Å²) in [5.74, 6) is 0. The van der Waals surface area contributed by atoms with Crippen molar-refractivity contribution >= 4 is 6.21 Å². The second-order valence-corrected chi connectivity index (χ2v) is 3.77. The Kier molecular flexibility index (Phi) is 7.14. The van der Waals surface area contributed by atoms with Gasteiger partial charge in [0.25, 0.3) is 0 Å². The molecule has 0 spiro atoms. The fourth-order valence-electron chi connectivity index (χ4n) is 1.39. The van der Waals surface area contributed by atoms with Crippen LogP contribution in [-0.4, -0.2) is 12.8 Å². The topological polar surface area (TPSA) is 21.6 Å². The van der Waals surface area contributed by atoms with E-state index in [4.69, 9.17) is 4.84 Å². The fraction of sp³-hybridized carbons (Fsp3) is 0.500. The second kappa shape index (κ2) is 8.96. The lowest BCUT2D eigenvalue weighted by atomic mass is 10.2. The van der Waals surface area contributed by atoms with E-state index >= 15 is 0 Å². The number of rotatable bonds is 8. The van der Waals surface area contributed by atoms with Crippen LogP contribution in [0, 0.1) is 6.07 Å². The zero-order chi connectivity index (χ0) is 11.5. The second-order valence-electron chi connectivity index (χ2n) is 3.77. The molecule has 0 fully saturated rings. The summed E-state index contributed by atoms with van der Waals surface area (Å²) in [6.45, 7) is 2.93. The summed E-state index contributed by atoms with van der Waals surface area (Å²) >= 11 is 0. The minimum atomic E-state index is 0.731. The Balaban J connectivity index is 2.01. The molecule has 87 valence electrons. The number of oxime groups is 1. The summed E-state index contributed by atoms with van der Waals surface area (Å²) < 4.78 is 0. The highest BCUT2D eigenvalue weighted by molar-refractivity contribution is 5.60. The van der Waals surface area contributed by atoms with E-state index in [0.717, 1.165) is 25.0 Å². The van der Waals surface area contributed by atoms with Crippen LogP contribution in [0.3, 0.4) is 0 Å². The van der Waals surface area contributed by atoms with Crippen molar-refractivity contribution in [3.05, 3.63) is 35.9 Å². The smallest absolute Gasteiger partial charge is 0.117 e. The summed E-state index contributed by atoms with van der Waals surface area (Å²) in [4.78, 5) is 5.16. The van der Waals surface area contributed by atoms with E-state index < -0.39 is 0 Å². The molecular formula is C14H20NO. The van der Waals surface area contributed by atoms with E-state index in [1.807, 2.05) is 24.3 Å². The van der Waals surface area contributed by atoms with Crippen molar-refractivity contribution in [2.24, 2.45) is 5.16 Å². The van der Waals surface area contributed by atoms with Crippen LogP contribution in [0.25, 0.3) is 0 Å². The van der Waals surface area contributed by atoms with Crippen molar-refractivity contribution in [1.29, 1.82) is 0 Å². The molecule has 0 unspecified atom stereocenters. The van der Waals surface area contributed by atoms with Crippen LogP contribution in [-0.2, 0) is 11.3 Å². The van der Waals surface area contributed by atoms with Crippen LogP contribution in [0.2, 0.25) is 0 Å². The highest BCUT2D eigenvalue weighted by Crippen LogP contribution is 1.99. The van der Waals surface area contributed by atoms with Gasteiger partial charge in [0.05, 0.1) is 0 Å². The van der Waals surface area contributed by atoms with Gasteiger partial charge >= 0.3 is 0 Å². The van der Waals surface area contributed by atoms with Gasteiger partial charge in [-0.25, -0.2) is 0 Å². The maximum atomic E-state index is 5.16. The summed E-state index contributed by atoms with van der Waals surface area (Å²) in [6.07, 6.45) is 7.46. The molecule has 16 heavy (non-hydrogen) atoms. The Morgan fingerprint density at radius 2 is 2.25 bits per heavy atom. The minimum absolute atomic E-state index is 0.731. The molecule has 1 aromatic carbocycles. The quantitative estimate of drug-likeness (QED) is 0.371. The van der Waals surface area contributed by atoms with Gasteiger partial charge in [-0.2, -0.15) is 0 Å². The molecule has 0 N–H and O–H groups in total. The zero-order valence-electron chi connectivity index (χ0n) is 9.98. The predicted octanol–water partition coefficient (Wildman–Crippen LogP) is 3.61. The van der Waals surface area contributed by atoms with Crippen LogP contribution in [0.5, 0.6) is 0 Å². The molecule has 0 bridgehead atoms. The standard InChI is InChI=1S/C14H20NO/c1-2-3-4-8-13-16-15-12-11-14-9-6-5-7-10-14/h5-7,9,12H,2-4,8,11,13H2,1H3. The van der Waals surface area contributed by atoms with Crippen molar-refractivity contribution in [1.82, 2.24) is 0 Å². The maximum absolute atomic E-state index is 5.16. The molecule has 0 aliphatic heterocycles. The Morgan fingerprint density at radius 1 is 1.31 bits per heavy atom. The summed E-state index contributed by atoms with van der Waals surface area (Å²) in [6, 6.07) is 11.1. The van der Waals surface area contributed by atoms with Crippen molar-refractivity contribution in [2.45, 2.75) is 39.0 Å². The van der Waals surface area contributed by atoms with Gasteiger partial charge in [0.2, 0.25) is 0 Å². The van der Waals surface area contributed by atoms with Crippen molar-refractivity contribution in [3.8, 4) is 0 Å². The Bertz CT molecular complexity index is 282. The number of unbranched alkanes of at least 4 members (excludes halogenated alkanes) is 3. The summed E-state index contributed by atoms with van der Waals surface area (Å²) in [5, 5.41) is 3.92. The number of nitrogens with zero attached hydrogens (tertiary/aromatic N) is 1. The molecule has 0 saturated carbocycles. The van der Waals surface area contributed by atoms with Gasteiger partial charge in [-0.1, -0.05) is 49.2 Å². The zero-order valence-corrected chi connectivity index (χ0v) is 9.98. The van der Waals surface area contributed by atoms with Crippen molar-refractivity contribution < 1.29 is 4.84 Å². The molecular weight excluding hydrogens is 198 g/mol. The number of hydrogen-bond acceptors (Lipinski definition) is 2. The van der Waals surface area contributed by atoms with Gasteiger partial charge in [0, 0.05) is 12.6 Å². The maximum Gasteiger partial charge on any atom is 0.117 e. The molecule has 1 aromatic rings. The molecule has 0 saturated heterocycles. The van der Waals surface area contributed by atoms with Crippen LogP contribution in [0.1, 0.15) is 38.2 Å². The predicted molar refractivity (Wildman–Crippen MR) is 67.6 cm³/mol. The molecule has 0 amide bonds. The van der Waals surface area contributed by atoms with Crippen LogP contribution < -0.4 is 0 Å². The van der Waals surface area contributed by atoms with Gasteiger partial charge in [-0.05, 0) is 24.5 Å². The Morgan fingerprint density at radius 3 is 3.00 bits per heavy atom. The SMILES string of the molecule is CCCCCCON=CCc1[c]cccc1. The van der Waals surface area contributed by atoms with Crippen LogP contribution in [0.4, 0.5) is 0 Å². The van der Waals surface area contributed by atoms with E-state index in [9.17, 15) is 0 Å². The Hall–Kier alpha value is -1.31. The normalized spacial score (nSPS) is 10.8. The highest BCUT2D eigenvalue weighted by Gasteiger charge is 1.88. The van der Waals surface area contributed by atoms with E-state index in [2.05, 4.69) is 18.1 Å². The minimum Gasteiger partial charge on any atom is -0.396 e. The lowest BCUT2D eigenvalue weighted by Gasteiger charge is -1.98. The van der Waals surface area contributed by atoms with Gasteiger partial charge < -0.3 is 4.84 Å². The lowest BCUT2D eigenvalue weighted by molar-refractivity contribution is 0.140. The van der Waals surface area contributed by atoms with Gasteiger partial charge in [-0.3, -0.25) is 0 Å². The summed E-state index contributed by atoms with van der Waals surface area (Å²) in [5.41, 5.74) is 1.14. The first-order chi connectivity index (χ1) is 7.93. The lowest BCUT2D eigenvalue weighted by Crippen LogP contribution is -1.90. The Labute approximate surface area is 98.3 Å². The number of benzene rings is 1. The monoisotopic (exact) mass is 218 g/mol. The van der Waals surface area contributed by atoms with Crippen LogP contribution in [0.15, 0.2) is 29.4 Å². The van der Waals surface area contributed by atoms with Crippen molar-refractivity contribution in [2.75, 3.05) is 6.61 Å². The van der Waals surface area contributed by atoms with Gasteiger partial charge in [0.15, 0.2) is 0 Å². The molecule has 0 aliphatic carbocycles. The third-order valence-electron chi connectivity index (χ3n) is 2.32. The molecule has 0 atom stereocenters. The van der Waals surface area contributed by atoms with Crippen LogP contribution >= 0.6 is 0 Å². The first kappa shape index (κ1) is 12.8. The van der Waals surface area contributed by atoms with E-state index in [1.54, 1.807) is 6.21 Å². The largest absolute Gasteiger partial charge is 0.396 e. The van der Waals surface area contributed by atoms with Crippen molar-refractivity contribution in [3.63, 3.8) is 0 Å². The highest BCUT2D eigenvalue weighted by atomic mass is 16.6. The third-order valence-corrected chi connectivity index (χ3v) is 2.32. The fourth-order valence-corrected chi connectivity index (χ4v) is 1.39. The first-order valence-electron chi connectivity index (χ1n) is 6.03. The summed E-state index contributed by atoms with van der Waals surface area (Å²) in [7, 11) is 0. The molecule has 0 heterocycles. The van der Waals surface area contributed by atoms with Gasteiger partial charge in [-0.15, -0.1) is 0 Å². The number of hydrogen-bond donors (Lipinski definition) is 0. The average molecular weight is 218 g/mol. The van der Waals surface area contributed by atoms with E-state index in [-0.39, 0.29) is 0 Å². The molecule has 0 aliphatic rings. The average Bonchev–Trinajstić information content (AvgIpc) is 2.34. The molecule has 1 rings (SSSR count). The molecule has 1 radical (unpaired) electrons. The van der Waals surface area contributed by atoms with Gasteiger partial charge in [0.1, 0.15) is 6.61 Å². The van der Waals surface area contributed by atoms with E-state index in [0.29, 0.717) is 0 Å².